The van der Waals surface area contributed by atoms with Crippen LogP contribution in [0.3, 0.4) is 0 Å². The summed E-state index contributed by atoms with van der Waals surface area (Å²) in [6.07, 6.45) is 5.33. The molecule has 1 unspecified atom stereocenters. The molecule has 1 aromatic rings. The maximum atomic E-state index is 5.63. The summed E-state index contributed by atoms with van der Waals surface area (Å²) < 4.78 is 5.63. The first kappa shape index (κ1) is 17.2. The highest BCUT2D eigenvalue weighted by molar-refractivity contribution is 5.79. The predicted molar refractivity (Wildman–Crippen MR) is 98.1 cm³/mol. The van der Waals surface area contributed by atoms with Gasteiger partial charge < -0.3 is 15.4 Å². The Labute approximate surface area is 145 Å². The molecular formula is C19H30N4O. The van der Waals surface area contributed by atoms with Crippen LogP contribution in [0.1, 0.15) is 36.8 Å². The maximum Gasteiger partial charge on any atom is 0.191 e. The number of guanidine groups is 1. The molecule has 0 aliphatic carbocycles. The van der Waals surface area contributed by atoms with Crippen LogP contribution < -0.4 is 10.6 Å². The Morgan fingerprint density at radius 3 is 2.54 bits per heavy atom. The maximum absolute atomic E-state index is 5.63. The van der Waals surface area contributed by atoms with E-state index in [9.17, 15) is 0 Å². The minimum Gasteiger partial charge on any atom is -0.376 e. The first-order valence-corrected chi connectivity index (χ1v) is 9.20. The number of nitrogens with zero attached hydrogens (tertiary/aromatic N) is 2. The lowest BCUT2D eigenvalue weighted by molar-refractivity contribution is 0.114. The van der Waals surface area contributed by atoms with Crippen molar-refractivity contribution in [2.45, 2.75) is 44.9 Å². The highest BCUT2D eigenvalue weighted by Gasteiger charge is 2.15. The molecule has 2 saturated heterocycles. The smallest absolute Gasteiger partial charge is 0.191 e. The lowest BCUT2D eigenvalue weighted by Gasteiger charge is -2.16. The van der Waals surface area contributed by atoms with E-state index in [1.165, 1.54) is 43.5 Å². The van der Waals surface area contributed by atoms with E-state index in [0.29, 0.717) is 6.10 Å². The molecule has 0 radical (unpaired) electrons. The highest BCUT2D eigenvalue weighted by atomic mass is 16.5. The number of aliphatic imine (C=N–C) groups is 1. The Morgan fingerprint density at radius 2 is 1.88 bits per heavy atom. The number of nitrogens with one attached hydrogen (secondary N) is 2. The van der Waals surface area contributed by atoms with Crippen molar-refractivity contribution in [3.8, 4) is 0 Å². The molecule has 0 spiro atoms. The normalized spacial score (nSPS) is 22.0. The highest BCUT2D eigenvalue weighted by Crippen LogP contribution is 2.13. The Balaban J connectivity index is 1.41. The second-order valence-electron chi connectivity index (χ2n) is 6.74. The third-order valence-corrected chi connectivity index (χ3v) is 4.83. The van der Waals surface area contributed by atoms with Gasteiger partial charge in [0.1, 0.15) is 0 Å². The fourth-order valence-corrected chi connectivity index (χ4v) is 3.38. The minimum absolute atomic E-state index is 0.327. The van der Waals surface area contributed by atoms with Crippen molar-refractivity contribution in [3.63, 3.8) is 0 Å². The molecular weight excluding hydrogens is 300 g/mol. The first-order chi connectivity index (χ1) is 11.8. The molecule has 1 atom stereocenters. The topological polar surface area (TPSA) is 48.9 Å². The Kier molecular flexibility index (Phi) is 6.49. The van der Waals surface area contributed by atoms with E-state index >= 15 is 0 Å². The zero-order chi connectivity index (χ0) is 16.6. The molecule has 2 N–H and O–H groups in total. The van der Waals surface area contributed by atoms with Crippen LogP contribution in [0.15, 0.2) is 29.3 Å². The fourth-order valence-electron chi connectivity index (χ4n) is 3.38. The molecule has 1 aromatic carbocycles. The molecule has 2 aliphatic heterocycles. The molecule has 0 bridgehead atoms. The summed E-state index contributed by atoms with van der Waals surface area (Å²) in [5, 5.41) is 6.72. The van der Waals surface area contributed by atoms with Crippen LogP contribution in [0, 0.1) is 0 Å². The number of likely N-dealkylation sites (tertiary alicyclic amines) is 1. The molecule has 0 amide bonds. The van der Waals surface area contributed by atoms with Gasteiger partial charge in [0, 0.05) is 33.3 Å². The average molecular weight is 330 g/mol. The van der Waals surface area contributed by atoms with Gasteiger partial charge in [-0.15, -0.1) is 0 Å². The molecule has 0 saturated carbocycles. The summed E-state index contributed by atoms with van der Waals surface area (Å²) in [5.74, 6) is 0.839. The summed E-state index contributed by atoms with van der Waals surface area (Å²) in [4.78, 5) is 6.81. The summed E-state index contributed by atoms with van der Waals surface area (Å²) in [5.41, 5.74) is 2.68. The van der Waals surface area contributed by atoms with Crippen molar-refractivity contribution in [1.29, 1.82) is 0 Å². The van der Waals surface area contributed by atoms with E-state index < -0.39 is 0 Å². The van der Waals surface area contributed by atoms with Gasteiger partial charge >= 0.3 is 0 Å². The van der Waals surface area contributed by atoms with Crippen LogP contribution in [0.2, 0.25) is 0 Å². The van der Waals surface area contributed by atoms with E-state index in [-0.39, 0.29) is 0 Å². The van der Waals surface area contributed by atoms with Gasteiger partial charge in [-0.25, -0.2) is 0 Å². The second kappa shape index (κ2) is 9.04. The molecule has 5 heteroatoms. The summed E-state index contributed by atoms with van der Waals surface area (Å²) in [6.45, 7) is 6.08. The van der Waals surface area contributed by atoms with Crippen LogP contribution in [-0.2, 0) is 17.8 Å². The molecule has 0 aromatic heterocycles. The third kappa shape index (κ3) is 5.21. The largest absolute Gasteiger partial charge is 0.376 e. The van der Waals surface area contributed by atoms with Gasteiger partial charge in [-0.1, -0.05) is 24.3 Å². The molecule has 24 heavy (non-hydrogen) atoms. The van der Waals surface area contributed by atoms with E-state index in [0.717, 1.165) is 38.6 Å². The Bertz CT molecular complexity index is 517. The van der Waals surface area contributed by atoms with Crippen LogP contribution in [0.25, 0.3) is 0 Å². The predicted octanol–water partition coefficient (Wildman–Crippen LogP) is 2.13. The van der Waals surface area contributed by atoms with Crippen molar-refractivity contribution >= 4 is 5.96 Å². The molecule has 3 rings (SSSR count). The van der Waals surface area contributed by atoms with Gasteiger partial charge in [-0.3, -0.25) is 9.89 Å². The Hall–Kier alpha value is -1.59. The van der Waals surface area contributed by atoms with Gasteiger partial charge in [0.2, 0.25) is 0 Å². The monoisotopic (exact) mass is 330 g/mol. The van der Waals surface area contributed by atoms with Crippen molar-refractivity contribution in [2.24, 2.45) is 4.99 Å². The average Bonchev–Trinajstić information content (AvgIpc) is 3.30. The van der Waals surface area contributed by atoms with Crippen LogP contribution >= 0.6 is 0 Å². The van der Waals surface area contributed by atoms with E-state index in [1.54, 1.807) is 0 Å². The van der Waals surface area contributed by atoms with Crippen molar-refractivity contribution in [1.82, 2.24) is 15.5 Å². The number of benzene rings is 1. The number of ether oxygens (including phenoxy) is 1. The van der Waals surface area contributed by atoms with Gasteiger partial charge in [0.25, 0.3) is 0 Å². The van der Waals surface area contributed by atoms with Gasteiger partial charge in [0.15, 0.2) is 5.96 Å². The minimum atomic E-state index is 0.327. The van der Waals surface area contributed by atoms with Gasteiger partial charge in [-0.2, -0.15) is 0 Å². The van der Waals surface area contributed by atoms with E-state index in [1.807, 2.05) is 7.05 Å². The summed E-state index contributed by atoms with van der Waals surface area (Å²) in [6, 6.07) is 8.92. The van der Waals surface area contributed by atoms with Crippen LogP contribution in [-0.4, -0.2) is 50.3 Å². The number of hydrogen-bond donors (Lipinski definition) is 2. The number of hydrogen-bond acceptors (Lipinski definition) is 3. The first-order valence-electron chi connectivity index (χ1n) is 9.20. The quantitative estimate of drug-likeness (QED) is 0.620. The standard InChI is InChI=1S/C19H30N4O/c1-20-19(22-14-18-5-4-12-24-18)21-13-16-6-8-17(9-7-16)15-23-10-2-3-11-23/h6-9,18H,2-5,10-15H2,1H3,(H2,20,21,22). The van der Waals surface area contributed by atoms with E-state index in [4.69, 9.17) is 4.74 Å². The third-order valence-electron chi connectivity index (χ3n) is 4.83. The molecule has 2 heterocycles. The van der Waals surface area contributed by atoms with Gasteiger partial charge in [0.05, 0.1) is 6.10 Å². The van der Waals surface area contributed by atoms with Crippen LogP contribution in [0.5, 0.6) is 0 Å². The zero-order valence-electron chi connectivity index (χ0n) is 14.8. The van der Waals surface area contributed by atoms with Gasteiger partial charge in [-0.05, 0) is 49.9 Å². The molecule has 5 nitrogen and oxygen atoms in total. The van der Waals surface area contributed by atoms with Crippen molar-refractivity contribution < 1.29 is 4.74 Å². The van der Waals surface area contributed by atoms with Crippen molar-refractivity contribution in [2.75, 3.05) is 33.3 Å². The fraction of sp³-hybridized carbons (Fsp3) is 0.632. The zero-order valence-corrected chi connectivity index (χ0v) is 14.8. The molecule has 2 fully saturated rings. The number of rotatable bonds is 6. The molecule has 132 valence electrons. The molecule has 2 aliphatic rings. The summed E-state index contributed by atoms with van der Waals surface area (Å²) >= 11 is 0. The van der Waals surface area contributed by atoms with E-state index in [2.05, 4.69) is 44.8 Å². The van der Waals surface area contributed by atoms with Crippen molar-refractivity contribution in [3.05, 3.63) is 35.4 Å². The Morgan fingerprint density at radius 1 is 1.12 bits per heavy atom. The lowest BCUT2D eigenvalue weighted by atomic mass is 10.1. The lowest BCUT2D eigenvalue weighted by Crippen LogP contribution is -2.40. The summed E-state index contributed by atoms with van der Waals surface area (Å²) in [7, 11) is 1.81. The van der Waals surface area contributed by atoms with Crippen LogP contribution in [0.4, 0.5) is 0 Å². The second-order valence-corrected chi connectivity index (χ2v) is 6.74. The SMILES string of the molecule is CN=C(NCc1ccc(CN2CCCC2)cc1)NCC1CCCO1.